The van der Waals surface area contributed by atoms with E-state index in [1.165, 1.54) is 0 Å². The van der Waals surface area contributed by atoms with E-state index in [9.17, 15) is 0 Å². The summed E-state index contributed by atoms with van der Waals surface area (Å²) in [7, 11) is 0. The number of hydrogen-bond acceptors (Lipinski definition) is 4. The van der Waals surface area contributed by atoms with Crippen LogP contribution >= 0.6 is 0 Å². The highest BCUT2D eigenvalue weighted by Gasteiger charge is 2.17. The summed E-state index contributed by atoms with van der Waals surface area (Å²) in [4.78, 5) is 4.68. The summed E-state index contributed by atoms with van der Waals surface area (Å²) in [5, 5.41) is 4.38. The first-order chi connectivity index (χ1) is 10.4. The van der Waals surface area contributed by atoms with Gasteiger partial charge < -0.3 is 14.8 Å². The number of pyridine rings is 1. The summed E-state index contributed by atoms with van der Waals surface area (Å²) in [6.45, 7) is 5.26. The zero-order chi connectivity index (χ0) is 14.5. The fraction of sp³-hybridized carbons (Fsp3) is 0.471. The number of ether oxygens (including phenoxy) is 2. The lowest BCUT2D eigenvalue weighted by Gasteiger charge is -2.14. The van der Waals surface area contributed by atoms with Gasteiger partial charge >= 0.3 is 0 Å². The van der Waals surface area contributed by atoms with E-state index in [1.807, 2.05) is 24.3 Å². The largest absolute Gasteiger partial charge is 0.490 e. The Kier molecular flexibility index (Phi) is 4.68. The molecule has 1 aliphatic heterocycles. The molecule has 4 heteroatoms. The third-order valence-corrected chi connectivity index (χ3v) is 3.74. The first-order valence-corrected chi connectivity index (χ1v) is 7.70. The maximum Gasteiger partial charge on any atom is 0.130 e. The average molecular weight is 286 g/mol. The van der Waals surface area contributed by atoms with Gasteiger partial charge in [0.1, 0.15) is 12.4 Å². The van der Waals surface area contributed by atoms with Gasteiger partial charge in [-0.2, -0.15) is 0 Å². The van der Waals surface area contributed by atoms with Crippen LogP contribution in [0.25, 0.3) is 10.9 Å². The molecule has 21 heavy (non-hydrogen) atoms. The number of nitrogens with one attached hydrogen (secondary N) is 1. The molecule has 0 amide bonds. The molecule has 1 N–H and O–H groups in total. The molecule has 3 rings (SSSR count). The van der Waals surface area contributed by atoms with Crippen molar-refractivity contribution < 1.29 is 9.47 Å². The van der Waals surface area contributed by atoms with Crippen molar-refractivity contribution in [3.05, 3.63) is 36.0 Å². The molecule has 1 atom stereocenters. The SMILES string of the molecule is CCNCc1cc(OCC2CCCO2)c2ccccc2n1. The predicted molar refractivity (Wildman–Crippen MR) is 83.6 cm³/mol. The van der Waals surface area contributed by atoms with Crippen molar-refractivity contribution in [2.75, 3.05) is 19.8 Å². The molecule has 1 fully saturated rings. The fourth-order valence-corrected chi connectivity index (χ4v) is 2.62. The second-order valence-electron chi connectivity index (χ2n) is 5.36. The van der Waals surface area contributed by atoms with Gasteiger partial charge in [-0.3, -0.25) is 4.98 Å². The van der Waals surface area contributed by atoms with Crippen LogP contribution in [0, 0.1) is 0 Å². The normalized spacial score (nSPS) is 18.2. The molecule has 1 aromatic carbocycles. The van der Waals surface area contributed by atoms with Crippen molar-refractivity contribution >= 4 is 10.9 Å². The second-order valence-corrected chi connectivity index (χ2v) is 5.36. The molecular weight excluding hydrogens is 264 g/mol. The Balaban J connectivity index is 1.82. The lowest BCUT2D eigenvalue weighted by molar-refractivity contribution is 0.0684. The quantitative estimate of drug-likeness (QED) is 0.886. The molecule has 2 aromatic rings. The van der Waals surface area contributed by atoms with Crippen molar-refractivity contribution in [2.45, 2.75) is 32.4 Å². The van der Waals surface area contributed by atoms with E-state index in [1.54, 1.807) is 0 Å². The zero-order valence-corrected chi connectivity index (χ0v) is 12.5. The zero-order valence-electron chi connectivity index (χ0n) is 12.5. The van der Waals surface area contributed by atoms with Gasteiger partial charge in [0.2, 0.25) is 0 Å². The summed E-state index contributed by atoms with van der Waals surface area (Å²) in [6.07, 6.45) is 2.46. The van der Waals surface area contributed by atoms with Crippen molar-refractivity contribution in [3.63, 3.8) is 0 Å². The fourth-order valence-electron chi connectivity index (χ4n) is 2.62. The molecule has 0 spiro atoms. The monoisotopic (exact) mass is 286 g/mol. The molecule has 4 nitrogen and oxygen atoms in total. The molecule has 0 bridgehead atoms. The van der Waals surface area contributed by atoms with Crippen LogP contribution in [0.4, 0.5) is 0 Å². The van der Waals surface area contributed by atoms with Crippen LogP contribution < -0.4 is 10.1 Å². The molecule has 1 aromatic heterocycles. The number of rotatable bonds is 6. The minimum absolute atomic E-state index is 0.231. The molecule has 0 radical (unpaired) electrons. The van der Waals surface area contributed by atoms with Gasteiger partial charge in [-0.25, -0.2) is 0 Å². The Labute approximate surface area is 125 Å². The van der Waals surface area contributed by atoms with Gasteiger partial charge in [-0.05, 0) is 31.5 Å². The van der Waals surface area contributed by atoms with Crippen molar-refractivity contribution in [1.29, 1.82) is 0 Å². The minimum atomic E-state index is 0.231. The van der Waals surface area contributed by atoms with E-state index in [4.69, 9.17) is 9.47 Å². The summed E-state index contributed by atoms with van der Waals surface area (Å²) < 4.78 is 11.7. The Morgan fingerprint density at radius 1 is 1.38 bits per heavy atom. The smallest absolute Gasteiger partial charge is 0.130 e. The van der Waals surface area contributed by atoms with Gasteiger partial charge in [-0.1, -0.05) is 19.1 Å². The third kappa shape index (κ3) is 3.52. The summed E-state index contributed by atoms with van der Waals surface area (Å²) in [5.74, 6) is 0.906. The van der Waals surface area contributed by atoms with Gasteiger partial charge in [0.05, 0.1) is 17.3 Å². The number of nitrogens with zero attached hydrogens (tertiary/aromatic N) is 1. The van der Waals surface area contributed by atoms with Crippen LogP contribution in [0.15, 0.2) is 30.3 Å². The van der Waals surface area contributed by atoms with Gasteiger partial charge in [0.25, 0.3) is 0 Å². The van der Waals surface area contributed by atoms with E-state index in [0.29, 0.717) is 6.61 Å². The highest BCUT2D eigenvalue weighted by molar-refractivity contribution is 5.85. The molecule has 1 saturated heterocycles. The minimum Gasteiger partial charge on any atom is -0.490 e. The van der Waals surface area contributed by atoms with E-state index < -0.39 is 0 Å². The first kappa shape index (κ1) is 14.3. The summed E-state index contributed by atoms with van der Waals surface area (Å²) in [6, 6.07) is 10.2. The van der Waals surface area contributed by atoms with Crippen molar-refractivity contribution in [3.8, 4) is 5.75 Å². The molecule has 0 aliphatic carbocycles. The van der Waals surface area contributed by atoms with Crippen LogP contribution in [-0.2, 0) is 11.3 Å². The molecule has 0 saturated carbocycles. The van der Waals surface area contributed by atoms with Gasteiger partial charge in [0.15, 0.2) is 0 Å². The maximum atomic E-state index is 6.03. The predicted octanol–water partition coefficient (Wildman–Crippen LogP) is 2.90. The van der Waals surface area contributed by atoms with E-state index in [-0.39, 0.29) is 6.10 Å². The average Bonchev–Trinajstić information content (AvgIpc) is 3.04. The maximum absolute atomic E-state index is 6.03. The molecule has 2 heterocycles. The highest BCUT2D eigenvalue weighted by atomic mass is 16.5. The van der Waals surface area contributed by atoms with Gasteiger partial charge in [0, 0.05) is 24.6 Å². The Bertz CT molecular complexity index is 594. The van der Waals surface area contributed by atoms with Crippen LogP contribution in [0.5, 0.6) is 5.75 Å². The molecular formula is C17H22N2O2. The molecule has 1 aliphatic rings. The lowest BCUT2D eigenvalue weighted by atomic mass is 10.1. The van der Waals surface area contributed by atoms with Crippen LogP contribution in [0.2, 0.25) is 0 Å². The van der Waals surface area contributed by atoms with E-state index in [2.05, 4.69) is 23.3 Å². The standard InChI is InChI=1S/C17H22N2O2/c1-2-18-11-13-10-17(21-12-14-6-5-9-20-14)15-7-3-4-8-16(15)19-13/h3-4,7-8,10,14,18H,2,5-6,9,11-12H2,1H3. The molecule has 112 valence electrons. The summed E-state index contributed by atoms with van der Waals surface area (Å²) >= 11 is 0. The number of fused-ring (bicyclic) bond motifs is 1. The number of benzene rings is 1. The van der Waals surface area contributed by atoms with Crippen LogP contribution in [0.1, 0.15) is 25.5 Å². The van der Waals surface area contributed by atoms with Gasteiger partial charge in [-0.15, -0.1) is 0 Å². The third-order valence-electron chi connectivity index (χ3n) is 3.74. The topological polar surface area (TPSA) is 43.4 Å². The highest BCUT2D eigenvalue weighted by Crippen LogP contribution is 2.26. The van der Waals surface area contributed by atoms with Crippen LogP contribution in [0.3, 0.4) is 0 Å². The number of para-hydroxylation sites is 1. The summed E-state index contributed by atoms with van der Waals surface area (Å²) in [5.41, 5.74) is 1.99. The second kappa shape index (κ2) is 6.87. The molecule has 1 unspecified atom stereocenters. The Morgan fingerprint density at radius 3 is 3.10 bits per heavy atom. The van der Waals surface area contributed by atoms with E-state index in [0.717, 1.165) is 54.9 Å². The van der Waals surface area contributed by atoms with E-state index >= 15 is 0 Å². The lowest BCUT2D eigenvalue weighted by Crippen LogP contribution is -2.17. The van der Waals surface area contributed by atoms with Crippen molar-refractivity contribution in [1.82, 2.24) is 10.3 Å². The van der Waals surface area contributed by atoms with Crippen molar-refractivity contribution in [2.24, 2.45) is 0 Å². The first-order valence-electron chi connectivity index (χ1n) is 7.70. The Morgan fingerprint density at radius 2 is 2.29 bits per heavy atom. The Hall–Kier alpha value is -1.65. The number of aromatic nitrogens is 1. The number of hydrogen-bond donors (Lipinski definition) is 1. The van der Waals surface area contributed by atoms with Crippen LogP contribution in [-0.4, -0.2) is 30.8 Å².